The maximum atomic E-state index is 0. The van der Waals surface area contributed by atoms with Crippen molar-refractivity contribution in [2.24, 2.45) is 0 Å². The third kappa shape index (κ3) is 83.7. The van der Waals surface area contributed by atoms with Gasteiger partial charge in [0.15, 0.2) is 0 Å². The summed E-state index contributed by atoms with van der Waals surface area (Å²) in [6.45, 7) is 0. The normalized spacial score (nSPS) is 0. The maximum absolute atomic E-state index is 0. The van der Waals surface area contributed by atoms with Gasteiger partial charge in [-0.15, -0.1) is 0 Å². The van der Waals surface area contributed by atoms with Crippen LogP contribution in [0.5, 0.6) is 0 Å². The molecule has 0 aromatic carbocycles. The minimum Gasteiger partial charge on any atom is -2.00 e. The molecule has 11 heteroatoms. The molecule has 0 aromatic heterocycles. The average molecular weight is 639 g/mol. The zero-order valence-corrected chi connectivity index (χ0v) is 21.9. The van der Waals surface area contributed by atoms with E-state index in [1.165, 1.54) is 0 Å². The fraction of sp³-hybridized carbons (Fsp3) is 0. The van der Waals surface area contributed by atoms with E-state index in [1.807, 2.05) is 0 Å². The summed E-state index contributed by atoms with van der Waals surface area (Å²) in [7, 11) is 0. The minimum absolute atomic E-state index is 0. The van der Waals surface area contributed by atoms with Gasteiger partial charge in [-0.25, -0.2) is 0 Å². The van der Waals surface area contributed by atoms with E-state index in [1.54, 1.807) is 0 Å². The number of rotatable bonds is 0. The molecule has 0 unspecified atom stereocenters. The summed E-state index contributed by atoms with van der Waals surface area (Å²) in [6.07, 6.45) is 0. The molecule has 6 nitrogen and oxygen atoms in total. The Morgan fingerprint density at radius 3 is 0.273 bits per heavy atom. The standard InChI is InChI=1S/Ir.6O.4Sr/q;6*-2;4*+2. The Labute approximate surface area is 227 Å². The Morgan fingerprint density at radius 2 is 0.273 bits per heavy atom. The molecule has 0 saturated heterocycles. The van der Waals surface area contributed by atoms with E-state index in [2.05, 4.69) is 0 Å². The Bertz CT molecular complexity index is 14.5. The molecular weight excluding hydrogens is 639 g/mol. The average Bonchev–Trinajstić information content (AvgIpc) is 0. The second kappa shape index (κ2) is 95.8. The first kappa shape index (κ1) is 115. The van der Waals surface area contributed by atoms with Crippen LogP contribution >= 0.6 is 0 Å². The molecule has 0 aliphatic heterocycles. The van der Waals surface area contributed by atoms with Crippen LogP contribution in [0, 0.1) is 0 Å². The van der Waals surface area contributed by atoms with Gasteiger partial charge in [0.2, 0.25) is 0 Å². The maximum Gasteiger partial charge on any atom is 2.00 e. The molecule has 0 saturated carbocycles. The van der Waals surface area contributed by atoms with Crippen LogP contribution in [0.3, 0.4) is 0 Å². The minimum atomic E-state index is 0. The van der Waals surface area contributed by atoms with Crippen molar-refractivity contribution in [3.8, 4) is 0 Å². The van der Waals surface area contributed by atoms with Gasteiger partial charge >= 0.3 is 182 Å². The van der Waals surface area contributed by atoms with Crippen LogP contribution in [0.2, 0.25) is 0 Å². The molecule has 0 aliphatic carbocycles. The molecule has 0 spiro atoms. The van der Waals surface area contributed by atoms with Crippen molar-refractivity contribution in [3.05, 3.63) is 0 Å². The third-order valence-corrected chi connectivity index (χ3v) is 0. The summed E-state index contributed by atoms with van der Waals surface area (Å²) in [5.41, 5.74) is 0. The van der Waals surface area contributed by atoms with E-state index in [-0.39, 0.29) is 235 Å². The van der Waals surface area contributed by atoms with Crippen molar-refractivity contribution in [1.29, 1.82) is 0 Å². The van der Waals surface area contributed by atoms with Gasteiger partial charge in [-0.1, -0.05) is 0 Å². The van der Waals surface area contributed by atoms with E-state index in [9.17, 15) is 0 Å². The van der Waals surface area contributed by atoms with E-state index < -0.39 is 0 Å². The molecule has 1 radical (unpaired) electrons. The quantitative estimate of drug-likeness (QED) is 0.262. The van der Waals surface area contributed by atoms with Crippen LogP contribution in [-0.4, -0.2) is 182 Å². The molecule has 0 rings (SSSR count). The van der Waals surface area contributed by atoms with Crippen molar-refractivity contribution in [2.45, 2.75) is 0 Å². The van der Waals surface area contributed by atoms with Crippen molar-refractivity contribution < 1.29 is 53.0 Å². The first-order valence-electron chi connectivity index (χ1n) is 0. The SMILES string of the molecule is [Ir].[O-2].[O-2].[O-2].[O-2].[O-2].[O-2].[Sr+2].[Sr+2].[Sr+2].[Sr+2]. The van der Waals surface area contributed by atoms with Crippen molar-refractivity contribution in [3.63, 3.8) is 0 Å². The molecule has 57 valence electrons. The van der Waals surface area contributed by atoms with Gasteiger partial charge in [0.1, 0.15) is 0 Å². The summed E-state index contributed by atoms with van der Waals surface area (Å²) in [4.78, 5) is 0. The molecule has 0 aliphatic rings. The van der Waals surface area contributed by atoms with Crippen LogP contribution in [0.1, 0.15) is 0 Å². The van der Waals surface area contributed by atoms with Crippen LogP contribution in [-0.2, 0) is 53.0 Å². The Morgan fingerprint density at radius 1 is 0.273 bits per heavy atom. The van der Waals surface area contributed by atoms with E-state index in [4.69, 9.17) is 0 Å². The summed E-state index contributed by atoms with van der Waals surface area (Å²) >= 11 is 0. The van der Waals surface area contributed by atoms with Gasteiger partial charge in [0.05, 0.1) is 0 Å². The van der Waals surface area contributed by atoms with Crippen LogP contribution in [0.4, 0.5) is 0 Å². The summed E-state index contributed by atoms with van der Waals surface area (Å²) in [6, 6.07) is 0. The van der Waals surface area contributed by atoms with Crippen molar-refractivity contribution in [2.75, 3.05) is 0 Å². The molecule has 0 fully saturated rings. The monoisotopic (exact) mass is 641 g/mol. The Kier molecular flexibility index (Phi) is 1000. The molecular formula is IrO6Sr4-4. The van der Waals surface area contributed by atoms with Crippen molar-refractivity contribution in [1.82, 2.24) is 0 Å². The smallest absolute Gasteiger partial charge is 2.00 e. The molecule has 0 N–H and O–H groups in total. The van der Waals surface area contributed by atoms with Gasteiger partial charge in [-0.2, -0.15) is 0 Å². The number of hydrogen-bond donors (Lipinski definition) is 0. The molecule has 0 bridgehead atoms. The first-order valence-corrected chi connectivity index (χ1v) is 0. The van der Waals surface area contributed by atoms with Crippen molar-refractivity contribution >= 4 is 182 Å². The zero-order chi connectivity index (χ0) is 0. The van der Waals surface area contributed by atoms with Gasteiger partial charge in [0, 0.05) is 20.1 Å². The first-order chi connectivity index (χ1) is 0. The van der Waals surface area contributed by atoms with E-state index in [0.29, 0.717) is 0 Å². The van der Waals surface area contributed by atoms with Crippen LogP contribution in [0.25, 0.3) is 0 Å². The van der Waals surface area contributed by atoms with Crippen LogP contribution in [0.15, 0.2) is 0 Å². The fourth-order valence-electron chi connectivity index (χ4n) is 0. The molecule has 0 aromatic rings. The second-order valence-electron chi connectivity index (χ2n) is 0. The number of hydrogen-bond acceptors (Lipinski definition) is 0. The second-order valence-corrected chi connectivity index (χ2v) is 0. The molecule has 0 heterocycles. The van der Waals surface area contributed by atoms with Gasteiger partial charge in [-0.05, 0) is 0 Å². The molecule has 0 atom stereocenters. The Balaban J connectivity index is 0. The summed E-state index contributed by atoms with van der Waals surface area (Å²) in [5, 5.41) is 0. The van der Waals surface area contributed by atoms with Gasteiger partial charge in [0.25, 0.3) is 0 Å². The predicted octanol–water partition coefficient (Wildman–Crippen LogP) is -2.24. The predicted molar refractivity (Wildman–Crippen MR) is 27.1 cm³/mol. The summed E-state index contributed by atoms with van der Waals surface area (Å²) in [5.74, 6) is 0. The van der Waals surface area contributed by atoms with E-state index in [0.717, 1.165) is 0 Å². The third-order valence-electron chi connectivity index (χ3n) is 0. The molecule has 0 amide bonds. The Hall–Kier alpha value is 6.33. The fourth-order valence-corrected chi connectivity index (χ4v) is 0. The van der Waals surface area contributed by atoms with Gasteiger partial charge < -0.3 is 32.9 Å². The molecule has 11 heavy (non-hydrogen) atoms. The largest absolute Gasteiger partial charge is 2.00 e. The van der Waals surface area contributed by atoms with Gasteiger partial charge in [-0.3, -0.25) is 0 Å². The zero-order valence-electron chi connectivity index (χ0n) is 5.61. The van der Waals surface area contributed by atoms with E-state index >= 15 is 0 Å². The van der Waals surface area contributed by atoms with Crippen LogP contribution < -0.4 is 0 Å². The summed E-state index contributed by atoms with van der Waals surface area (Å²) < 4.78 is 0. The topological polar surface area (TPSA) is 171 Å².